The van der Waals surface area contributed by atoms with Gasteiger partial charge in [-0.1, -0.05) is 13.8 Å². The molecule has 0 aromatic carbocycles. The van der Waals surface area contributed by atoms with Crippen LogP contribution < -0.4 is 10.8 Å². The molecule has 1 unspecified atom stereocenters. The quantitative estimate of drug-likeness (QED) is 0.465. The second kappa shape index (κ2) is 10.6. The number of rotatable bonds is 7. The number of piperidine rings is 1. The van der Waals surface area contributed by atoms with Crippen LogP contribution >= 0.6 is 11.3 Å². The van der Waals surface area contributed by atoms with Crippen molar-refractivity contribution in [2.24, 2.45) is 16.8 Å². The van der Waals surface area contributed by atoms with E-state index in [1.807, 2.05) is 21.0 Å². The molecule has 1 aliphatic heterocycles. The summed E-state index contributed by atoms with van der Waals surface area (Å²) in [5.74, 6) is -0.140. The molecule has 8 nitrogen and oxygen atoms in total. The number of anilines is 1. The van der Waals surface area contributed by atoms with Gasteiger partial charge >= 0.3 is 0 Å². The average molecular weight is 488 g/mol. The zero-order chi connectivity index (χ0) is 25.2. The van der Waals surface area contributed by atoms with Gasteiger partial charge in [-0.15, -0.1) is 11.3 Å². The summed E-state index contributed by atoms with van der Waals surface area (Å²) in [6, 6.07) is 2.16. The van der Waals surface area contributed by atoms with E-state index in [1.54, 1.807) is 0 Å². The van der Waals surface area contributed by atoms with E-state index in [0.29, 0.717) is 42.7 Å². The number of likely N-dealkylation sites (tertiary alicyclic amines) is 1. The molecule has 2 aliphatic rings. The number of hydrogen-bond donors (Lipinski definition) is 1. The predicted octanol–water partition coefficient (Wildman–Crippen LogP) is 1.92. The lowest BCUT2D eigenvalue weighted by Crippen LogP contribution is -2.56. The number of fused-ring (bicyclic) bond motifs is 2. The molecule has 2 heterocycles. The highest BCUT2D eigenvalue weighted by Crippen LogP contribution is 2.43. The summed E-state index contributed by atoms with van der Waals surface area (Å²) in [6.07, 6.45) is 4.09. The van der Waals surface area contributed by atoms with Crippen LogP contribution in [0, 0.1) is 23.2 Å². The topological polar surface area (TPSA) is 112 Å². The van der Waals surface area contributed by atoms with E-state index in [2.05, 4.69) is 41.8 Å². The van der Waals surface area contributed by atoms with Crippen LogP contribution in [-0.2, 0) is 17.6 Å². The van der Waals surface area contributed by atoms with Gasteiger partial charge in [0.1, 0.15) is 11.1 Å². The Kier molecular flexibility index (Phi) is 8.27. The number of likely N-dealkylation sites (N-methyl/N-ethyl adjacent to an activating group) is 2. The number of hydrogen-bond acceptors (Lipinski definition) is 8. The van der Waals surface area contributed by atoms with Crippen LogP contribution in [0.3, 0.4) is 0 Å². The summed E-state index contributed by atoms with van der Waals surface area (Å²) in [7, 11) is 6.08. The van der Waals surface area contributed by atoms with E-state index in [0.717, 1.165) is 31.2 Å². The number of amides is 1. The third-order valence-corrected chi connectivity index (χ3v) is 9.32. The maximum atomic E-state index is 13.5. The van der Waals surface area contributed by atoms with Gasteiger partial charge in [-0.3, -0.25) is 9.79 Å². The third-order valence-electron chi connectivity index (χ3n) is 8.23. The van der Waals surface area contributed by atoms with Crippen LogP contribution in [0.15, 0.2) is 4.99 Å². The van der Waals surface area contributed by atoms with Crippen molar-refractivity contribution >= 4 is 28.3 Å². The standard InChI is InChI=1S/C25H40N6O2S/c1-7-25(8-2,29(4)5)15-28-24(33)31(9-3)23(32)17-10-16-11-18-19(13-26)22(27)34-21(18)12-20(16)30(6)14-17/h16-17,20H,7-12,14-15,27H2,1-6H3,(H,28,33)/p-1/t16-,17-,20?/m1/s1. The van der Waals surface area contributed by atoms with Crippen LogP contribution in [0.25, 0.3) is 0 Å². The SMILES string of the molecule is CCN(C(=O)[C@@H]1C[C@@H]2Cc3c(sc(N)c3C#N)CC2N(C)C1)C([O-])=NCC(CC)(CC)N(C)C. The summed E-state index contributed by atoms with van der Waals surface area (Å²) in [4.78, 5) is 24.8. The minimum Gasteiger partial charge on any atom is -0.846 e. The molecule has 34 heavy (non-hydrogen) atoms. The van der Waals surface area contributed by atoms with E-state index < -0.39 is 6.02 Å². The number of nitrogens with zero attached hydrogens (tertiary/aromatic N) is 5. The van der Waals surface area contributed by atoms with E-state index in [1.165, 1.54) is 21.1 Å². The number of nitrogens with two attached hydrogens (primary N) is 1. The van der Waals surface area contributed by atoms with Crippen LogP contribution in [-0.4, -0.2) is 79.0 Å². The Balaban J connectivity index is 1.77. The molecule has 1 amide bonds. The lowest BCUT2D eigenvalue weighted by atomic mass is 9.74. The maximum Gasteiger partial charge on any atom is 0.231 e. The number of carbonyl (C=O) groups is 1. The van der Waals surface area contributed by atoms with Gasteiger partial charge in [-0.05, 0) is 71.7 Å². The van der Waals surface area contributed by atoms with Crippen LogP contribution in [0.2, 0.25) is 0 Å². The number of amidine groups is 1. The Morgan fingerprint density at radius 1 is 1.32 bits per heavy atom. The van der Waals surface area contributed by atoms with Crippen molar-refractivity contribution in [1.82, 2.24) is 14.7 Å². The Morgan fingerprint density at radius 3 is 2.56 bits per heavy atom. The van der Waals surface area contributed by atoms with Gasteiger partial charge in [0.05, 0.1) is 24.0 Å². The highest BCUT2D eigenvalue weighted by molar-refractivity contribution is 7.16. The Labute approximate surface area is 208 Å². The van der Waals surface area contributed by atoms with Crippen LogP contribution in [0.1, 0.15) is 56.0 Å². The first-order valence-corrected chi connectivity index (χ1v) is 13.1. The zero-order valence-electron chi connectivity index (χ0n) is 21.4. The summed E-state index contributed by atoms with van der Waals surface area (Å²) < 4.78 is 0. The molecule has 3 rings (SSSR count). The summed E-state index contributed by atoms with van der Waals surface area (Å²) in [5, 5.41) is 23.2. The maximum absolute atomic E-state index is 13.5. The first kappa shape index (κ1) is 26.5. The molecule has 1 aromatic heterocycles. The molecule has 0 bridgehead atoms. The van der Waals surface area contributed by atoms with E-state index >= 15 is 0 Å². The fourth-order valence-electron chi connectivity index (χ4n) is 5.80. The fraction of sp³-hybridized carbons (Fsp3) is 0.720. The van der Waals surface area contributed by atoms with Crippen molar-refractivity contribution in [2.75, 3.05) is 46.5 Å². The zero-order valence-corrected chi connectivity index (χ0v) is 22.2. The van der Waals surface area contributed by atoms with Crippen LogP contribution in [0.4, 0.5) is 5.00 Å². The number of aliphatic imine (C=N–C) groups is 1. The van der Waals surface area contributed by atoms with Gasteiger partial charge in [-0.25, -0.2) is 0 Å². The summed E-state index contributed by atoms with van der Waals surface area (Å²) in [5.41, 5.74) is 7.57. The number of nitriles is 1. The van der Waals surface area contributed by atoms with Gasteiger partial charge in [0, 0.05) is 29.5 Å². The second-order valence-corrected chi connectivity index (χ2v) is 11.1. The van der Waals surface area contributed by atoms with Crippen molar-refractivity contribution in [2.45, 2.75) is 64.5 Å². The molecule has 9 heteroatoms. The molecule has 3 atom stereocenters. The van der Waals surface area contributed by atoms with Crippen molar-refractivity contribution in [3.8, 4) is 6.07 Å². The first-order chi connectivity index (χ1) is 16.1. The Hall–Kier alpha value is -2.15. The van der Waals surface area contributed by atoms with Gasteiger partial charge in [0.25, 0.3) is 0 Å². The monoisotopic (exact) mass is 487 g/mol. The van der Waals surface area contributed by atoms with Crippen LogP contribution in [0.5, 0.6) is 0 Å². The van der Waals surface area contributed by atoms with E-state index in [4.69, 9.17) is 5.73 Å². The van der Waals surface area contributed by atoms with Gasteiger partial charge in [-0.2, -0.15) is 5.26 Å². The van der Waals surface area contributed by atoms with Crippen molar-refractivity contribution in [3.63, 3.8) is 0 Å². The minimum atomic E-state index is -0.436. The molecule has 1 aromatic rings. The summed E-state index contributed by atoms with van der Waals surface area (Å²) in [6.45, 7) is 7.36. The highest BCUT2D eigenvalue weighted by atomic mass is 32.1. The molecule has 1 aliphatic carbocycles. The first-order valence-electron chi connectivity index (χ1n) is 12.3. The fourth-order valence-corrected chi connectivity index (χ4v) is 6.90. The lowest BCUT2D eigenvalue weighted by Gasteiger charge is -2.46. The summed E-state index contributed by atoms with van der Waals surface area (Å²) >= 11 is 1.52. The number of carbonyl (C=O) groups excluding carboxylic acids is 1. The largest absolute Gasteiger partial charge is 0.846 e. The molecule has 2 N–H and O–H groups in total. The smallest absolute Gasteiger partial charge is 0.231 e. The van der Waals surface area contributed by atoms with E-state index in [-0.39, 0.29) is 23.3 Å². The molecule has 0 spiro atoms. The van der Waals surface area contributed by atoms with Crippen molar-refractivity contribution < 1.29 is 9.90 Å². The Bertz CT molecular complexity index is 961. The minimum absolute atomic E-state index is 0.138. The second-order valence-electron chi connectivity index (χ2n) is 9.97. The van der Waals surface area contributed by atoms with E-state index in [9.17, 15) is 15.2 Å². The predicted molar refractivity (Wildman–Crippen MR) is 136 cm³/mol. The Morgan fingerprint density at radius 2 is 2.00 bits per heavy atom. The third kappa shape index (κ3) is 4.81. The van der Waals surface area contributed by atoms with Gasteiger partial charge < -0.3 is 25.5 Å². The average Bonchev–Trinajstić information content (AvgIpc) is 3.12. The van der Waals surface area contributed by atoms with Crippen molar-refractivity contribution in [1.29, 1.82) is 5.26 Å². The van der Waals surface area contributed by atoms with Crippen molar-refractivity contribution in [3.05, 3.63) is 16.0 Å². The molecule has 0 radical (unpaired) electrons. The molecule has 1 saturated heterocycles. The molecule has 1 fully saturated rings. The van der Waals surface area contributed by atoms with Gasteiger partial charge in [0.2, 0.25) is 5.91 Å². The molecule has 188 valence electrons. The molecule has 0 saturated carbocycles. The molecular weight excluding hydrogens is 448 g/mol. The highest BCUT2D eigenvalue weighted by Gasteiger charge is 2.42. The van der Waals surface area contributed by atoms with Gasteiger partial charge in [0.15, 0.2) is 0 Å². The lowest BCUT2D eigenvalue weighted by molar-refractivity contribution is -0.235. The number of nitrogen functional groups attached to an aromatic ring is 1. The normalized spacial score (nSPS) is 23.4. The molecular formula is C25H39N6O2S-. The number of thiophene rings is 1.